The number of benzene rings is 1. The Morgan fingerprint density at radius 1 is 1.20 bits per heavy atom. The number of hydrogen-bond donors (Lipinski definition) is 1. The molecule has 3 aromatic rings. The van der Waals surface area contributed by atoms with Gasteiger partial charge in [0.15, 0.2) is 0 Å². The van der Waals surface area contributed by atoms with Crippen molar-refractivity contribution in [3.63, 3.8) is 0 Å². The summed E-state index contributed by atoms with van der Waals surface area (Å²) < 4.78 is 2.09. The quantitative estimate of drug-likeness (QED) is 0.774. The molecule has 0 radical (unpaired) electrons. The van der Waals surface area contributed by atoms with E-state index in [0.29, 0.717) is 5.02 Å². The summed E-state index contributed by atoms with van der Waals surface area (Å²) in [4.78, 5) is 8.66. The number of rotatable bonds is 2. The van der Waals surface area contributed by atoms with Gasteiger partial charge in [-0.05, 0) is 38.1 Å². The number of fused-ring (bicyclic) bond motifs is 1. The highest BCUT2D eigenvalue weighted by molar-refractivity contribution is 6.31. The molecule has 0 unspecified atom stereocenters. The molecular weight excluding hydrogens is 274 g/mol. The second-order valence-corrected chi connectivity index (χ2v) is 5.40. The molecule has 0 fully saturated rings. The van der Waals surface area contributed by atoms with Crippen LogP contribution in [0.25, 0.3) is 22.4 Å². The van der Waals surface area contributed by atoms with Gasteiger partial charge in [0.05, 0.1) is 17.2 Å². The van der Waals surface area contributed by atoms with Crippen LogP contribution in [-0.2, 0) is 0 Å². The maximum absolute atomic E-state index is 9.60. The molecule has 0 amide bonds. The van der Waals surface area contributed by atoms with Gasteiger partial charge in [0.2, 0.25) is 0 Å². The van der Waals surface area contributed by atoms with Crippen molar-refractivity contribution in [1.29, 1.82) is 0 Å². The standard InChI is InChI=1S/C15H14ClN3O/c1-9(2)19-14-6-11(16)3-4-13(14)18-15(19)10-5-12(20)8-17-7-10/h3-9,20H,1-2H3. The fourth-order valence-corrected chi connectivity index (χ4v) is 2.51. The largest absolute Gasteiger partial charge is 0.506 e. The van der Waals surface area contributed by atoms with E-state index in [9.17, 15) is 5.11 Å². The number of aromatic nitrogens is 3. The minimum atomic E-state index is 0.128. The molecule has 0 atom stereocenters. The fourth-order valence-electron chi connectivity index (χ4n) is 2.34. The van der Waals surface area contributed by atoms with Gasteiger partial charge < -0.3 is 9.67 Å². The summed E-state index contributed by atoms with van der Waals surface area (Å²) in [6.45, 7) is 4.17. The normalized spacial score (nSPS) is 11.4. The molecule has 0 aliphatic carbocycles. The highest BCUT2D eigenvalue weighted by Gasteiger charge is 2.15. The number of pyridine rings is 1. The number of nitrogens with zero attached hydrogens (tertiary/aromatic N) is 3. The van der Waals surface area contributed by atoms with Crippen molar-refractivity contribution in [3.8, 4) is 17.1 Å². The second-order valence-electron chi connectivity index (χ2n) is 4.96. The molecule has 4 nitrogen and oxygen atoms in total. The minimum absolute atomic E-state index is 0.128. The first-order valence-electron chi connectivity index (χ1n) is 6.38. The Hall–Kier alpha value is -2.07. The average Bonchev–Trinajstić information content (AvgIpc) is 2.77. The van der Waals surface area contributed by atoms with E-state index in [0.717, 1.165) is 22.4 Å². The molecule has 2 aromatic heterocycles. The lowest BCUT2D eigenvalue weighted by atomic mass is 10.2. The highest BCUT2D eigenvalue weighted by Crippen LogP contribution is 2.30. The van der Waals surface area contributed by atoms with Crippen molar-refractivity contribution in [1.82, 2.24) is 14.5 Å². The van der Waals surface area contributed by atoms with Gasteiger partial charge in [0, 0.05) is 22.8 Å². The van der Waals surface area contributed by atoms with Crippen molar-refractivity contribution < 1.29 is 5.11 Å². The number of imidazole rings is 1. The van der Waals surface area contributed by atoms with Crippen molar-refractivity contribution in [2.24, 2.45) is 0 Å². The van der Waals surface area contributed by atoms with Crippen LogP contribution in [0.1, 0.15) is 19.9 Å². The molecular formula is C15H14ClN3O. The maximum Gasteiger partial charge on any atom is 0.143 e. The van der Waals surface area contributed by atoms with Gasteiger partial charge in [0.1, 0.15) is 11.6 Å². The fraction of sp³-hybridized carbons (Fsp3) is 0.200. The van der Waals surface area contributed by atoms with Crippen molar-refractivity contribution in [2.75, 3.05) is 0 Å². The van der Waals surface area contributed by atoms with Gasteiger partial charge >= 0.3 is 0 Å². The van der Waals surface area contributed by atoms with Crippen LogP contribution in [0.3, 0.4) is 0 Å². The highest BCUT2D eigenvalue weighted by atomic mass is 35.5. The maximum atomic E-state index is 9.60. The van der Waals surface area contributed by atoms with E-state index < -0.39 is 0 Å². The predicted molar refractivity (Wildman–Crippen MR) is 80.0 cm³/mol. The SMILES string of the molecule is CC(C)n1c(-c2cncc(O)c2)nc2ccc(Cl)cc21. The molecule has 5 heteroatoms. The molecule has 20 heavy (non-hydrogen) atoms. The molecule has 0 saturated carbocycles. The molecule has 1 N–H and O–H groups in total. The summed E-state index contributed by atoms with van der Waals surface area (Å²) in [5.74, 6) is 0.906. The molecule has 0 spiro atoms. The lowest BCUT2D eigenvalue weighted by molar-refractivity contribution is 0.473. The molecule has 0 saturated heterocycles. The third kappa shape index (κ3) is 2.12. The summed E-state index contributed by atoms with van der Waals surface area (Å²) >= 11 is 6.08. The van der Waals surface area contributed by atoms with Gasteiger partial charge in [0.25, 0.3) is 0 Å². The Morgan fingerprint density at radius 3 is 2.70 bits per heavy atom. The lowest BCUT2D eigenvalue weighted by Crippen LogP contribution is -2.03. The predicted octanol–water partition coefficient (Wildman–Crippen LogP) is 4.04. The van der Waals surface area contributed by atoms with Crippen molar-refractivity contribution in [2.45, 2.75) is 19.9 Å². The molecule has 0 bridgehead atoms. The first-order valence-corrected chi connectivity index (χ1v) is 6.76. The second kappa shape index (κ2) is 4.80. The van der Waals surface area contributed by atoms with E-state index in [2.05, 4.69) is 28.4 Å². The first-order chi connectivity index (χ1) is 9.56. The smallest absolute Gasteiger partial charge is 0.143 e. The Kier molecular flexibility index (Phi) is 3.10. The van der Waals surface area contributed by atoms with Crippen molar-refractivity contribution in [3.05, 3.63) is 41.7 Å². The molecule has 102 valence electrons. The van der Waals surface area contributed by atoms with E-state index >= 15 is 0 Å². The van der Waals surface area contributed by atoms with Gasteiger partial charge in [-0.1, -0.05) is 11.6 Å². The Bertz CT molecular complexity index is 780. The minimum Gasteiger partial charge on any atom is -0.506 e. The monoisotopic (exact) mass is 287 g/mol. The first kappa shape index (κ1) is 12.9. The van der Waals surface area contributed by atoms with Crippen LogP contribution >= 0.6 is 11.6 Å². The van der Waals surface area contributed by atoms with E-state index in [-0.39, 0.29) is 11.8 Å². The third-order valence-corrected chi connectivity index (χ3v) is 3.39. The summed E-state index contributed by atoms with van der Waals surface area (Å²) in [5.41, 5.74) is 2.64. The Morgan fingerprint density at radius 2 is 2.00 bits per heavy atom. The van der Waals surface area contributed by atoms with E-state index in [1.54, 1.807) is 12.3 Å². The molecule has 3 rings (SSSR count). The van der Waals surface area contributed by atoms with Crippen molar-refractivity contribution >= 4 is 22.6 Å². The number of hydrogen-bond acceptors (Lipinski definition) is 3. The van der Waals surface area contributed by atoms with Gasteiger partial charge in [-0.3, -0.25) is 4.98 Å². The van der Waals surface area contributed by atoms with Crippen LogP contribution in [0.15, 0.2) is 36.7 Å². The van der Waals surface area contributed by atoms with Crippen LogP contribution in [0, 0.1) is 0 Å². The third-order valence-electron chi connectivity index (χ3n) is 3.15. The van der Waals surface area contributed by atoms with E-state index in [1.807, 2.05) is 18.2 Å². The molecule has 0 aliphatic rings. The number of halogens is 1. The lowest BCUT2D eigenvalue weighted by Gasteiger charge is -2.13. The molecule has 0 aliphatic heterocycles. The van der Waals surface area contributed by atoms with E-state index in [1.165, 1.54) is 6.20 Å². The zero-order valence-electron chi connectivity index (χ0n) is 11.2. The summed E-state index contributed by atoms with van der Waals surface area (Å²) in [6, 6.07) is 7.51. The molecule has 1 aromatic carbocycles. The van der Waals surface area contributed by atoms with Crippen LogP contribution in [-0.4, -0.2) is 19.6 Å². The average molecular weight is 288 g/mol. The van der Waals surface area contributed by atoms with Gasteiger partial charge in [-0.25, -0.2) is 4.98 Å². The van der Waals surface area contributed by atoms with Crippen LogP contribution in [0.5, 0.6) is 5.75 Å². The Balaban J connectivity index is 2.32. The summed E-state index contributed by atoms with van der Waals surface area (Å²) in [7, 11) is 0. The summed E-state index contributed by atoms with van der Waals surface area (Å²) in [6.07, 6.45) is 3.10. The Labute approximate surface area is 121 Å². The zero-order valence-corrected chi connectivity index (χ0v) is 12.0. The van der Waals surface area contributed by atoms with Gasteiger partial charge in [-0.2, -0.15) is 0 Å². The van der Waals surface area contributed by atoms with Gasteiger partial charge in [-0.15, -0.1) is 0 Å². The van der Waals surface area contributed by atoms with Crippen LogP contribution in [0.4, 0.5) is 0 Å². The summed E-state index contributed by atoms with van der Waals surface area (Å²) in [5, 5.41) is 10.3. The molecule has 2 heterocycles. The van der Waals surface area contributed by atoms with Crippen LogP contribution in [0.2, 0.25) is 5.02 Å². The van der Waals surface area contributed by atoms with Crippen LogP contribution < -0.4 is 0 Å². The zero-order chi connectivity index (χ0) is 14.3. The van der Waals surface area contributed by atoms with E-state index in [4.69, 9.17) is 11.6 Å². The number of aromatic hydroxyl groups is 1. The topological polar surface area (TPSA) is 50.9 Å².